The van der Waals surface area contributed by atoms with Gasteiger partial charge in [0.1, 0.15) is 4.90 Å². The van der Waals surface area contributed by atoms with Crippen LogP contribution in [-0.4, -0.2) is 41.6 Å². The molecule has 120 valence electrons. The first-order valence-electron chi connectivity index (χ1n) is 7.61. The van der Waals surface area contributed by atoms with Crippen molar-refractivity contribution in [1.82, 2.24) is 14.1 Å². The molecule has 0 unspecified atom stereocenters. The Labute approximate surface area is 127 Å². The first-order chi connectivity index (χ1) is 9.89. The van der Waals surface area contributed by atoms with E-state index in [1.54, 1.807) is 23.0 Å². The van der Waals surface area contributed by atoms with Gasteiger partial charge in [-0.15, -0.1) is 0 Å². The van der Waals surface area contributed by atoms with Crippen LogP contribution >= 0.6 is 0 Å². The van der Waals surface area contributed by atoms with E-state index in [2.05, 4.69) is 5.10 Å². The molecule has 0 radical (unpaired) electrons. The summed E-state index contributed by atoms with van der Waals surface area (Å²) in [5, 5.41) is 4.25. The molecule has 0 atom stereocenters. The Morgan fingerprint density at radius 1 is 1.33 bits per heavy atom. The fourth-order valence-corrected chi connectivity index (χ4v) is 5.31. The minimum Gasteiger partial charge on any atom is -0.330 e. The smallest absolute Gasteiger partial charge is 0.246 e. The van der Waals surface area contributed by atoms with Crippen molar-refractivity contribution in [2.24, 2.45) is 12.8 Å². The van der Waals surface area contributed by atoms with Gasteiger partial charge in [-0.1, -0.05) is 12.8 Å². The molecule has 1 aliphatic carbocycles. The molecule has 1 aromatic heterocycles. The summed E-state index contributed by atoms with van der Waals surface area (Å²) >= 11 is 0. The van der Waals surface area contributed by atoms with Gasteiger partial charge in [0.2, 0.25) is 10.0 Å². The monoisotopic (exact) mass is 314 g/mol. The largest absolute Gasteiger partial charge is 0.330 e. The topological polar surface area (TPSA) is 81.2 Å². The number of sulfonamides is 1. The van der Waals surface area contributed by atoms with Crippen LogP contribution in [0.5, 0.6) is 0 Å². The number of aryl methyl sites for hydroxylation is 2. The number of rotatable bonds is 6. The molecule has 0 aliphatic heterocycles. The van der Waals surface area contributed by atoms with Crippen molar-refractivity contribution in [2.45, 2.75) is 56.9 Å². The Kier molecular flexibility index (Phi) is 5.06. The summed E-state index contributed by atoms with van der Waals surface area (Å²) in [6.45, 7) is 4.57. The van der Waals surface area contributed by atoms with E-state index in [0.717, 1.165) is 25.7 Å². The lowest BCUT2D eigenvalue weighted by atomic mass is 10.2. The zero-order valence-corrected chi connectivity index (χ0v) is 14.0. The van der Waals surface area contributed by atoms with Crippen molar-refractivity contribution in [3.63, 3.8) is 0 Å². The van der Waals surface area contributed by atoms with Gasteiger partial charge in [0, 0.05) is 19.6 Å². The Morgan fingerprint density at radius 2 is 1.95 bits per heavy atom. The number of aromatic nitrogens is 2. The van der Waals surface area contributed by atoms with Gasteiger partial charge in [-0.3, -0.25) is 4.68 Å². The zero-order chi connectivity index (χ0) is 15.6. The van der Waals surface area contributed by atoms with Crippen molar-refractivity contribution in [2.75, 3.05) is 13.1 Å². The fourth-order valence-electron chi connectivity index (χ4n) is 3.18. The van der Waals surface area contributed by atoms with Gasteiger partial charge >= 0.3 is 0 Å². The van der Waals surface area contributed by atoms with Crippen LogP contribution in [0.4, 0.5) is 0 Å². The van der Waals surface area contributed by atoms with Gasteiger partial charge in [-0.2, -0.15) is 9.40 Å². The Morgan fingerprint density at radius 3 is 2.43 bits per heavy atom. The highest BCUT2D eigenvalue weighted by molar-refractivity contribution is 7.89. The maximum Gasteiger partial charge on any atom is 0.246 e. The molecule has 1 saturated carbocycles. The standard InChI is InChI=1S/C14H26N4O2S/c1-11-14(12(2)17(3)16-11)21(19,20)18(10-6-9-15)13-7-4-5-8-13/h13H,4-10,15H2,1-3H3. The summed E-state index contributed by atoms with van der Waals surface area (Å²) < 4.78 is 29.5. The van der Waals surface area contributed by atoms with E-state index in [-0.39, 0.29) is 6.04 Å². The van der Waals surface area contributed by atoms with Crippen LogP contribution < -0.4 is 5.73 Å². The predicted octanol–water partition coefficient (Wildman–Crippen LogP) is 1.32. The fraction of sp³-hybridized carbons (Fsp3) is 0.786. The third-order valence-electron chi connectivity index (χ3n) is 4.32. The summed E-state index contributed by atoms with van der Waals surface area (Å²) in [6, 6.07) is 0.112. The summed E-state index contributed by atoms with van der Waals surface area (Å²) in [5.74, 6) is 0. The summed E-state index contributed by atoms with van der Waals surface area (Å²) in [6.07, 6.45) is 4.78. The molecule has 0 aromatic carbocycles. The molecule has 1 aliphatic rings. The highest BCUT2D eigenvalue weighted by atomic mass is 32.2. The molecule has 1 aromatic rings. The molecule has 1 heterocycles. The van der Waals surface area contributed by atoms with Crippen LogP contribution in [0, 0.1) is 13.8 Å². The van der Waals surface area contributed by atoms with Gasteiger partial charge in [0.15, 0.2) is 0 Å². The maximum atomic E-state index is 13.1. The van der Waals surface area contributed by atoms with Gasteiger partial charge in [0.25, 0.3) is 0 Å². The molecule has 6 nitrogen and oxygen atoms in total. The normalized spacial score (nSPS) is 17.0. The Bertz CT molecular complexity index is 588. The van der Waals surface area contributed by atoms with Gasteiger partial charge in [-0.25, -0.2) is 8.42 Å². The van der Waals surface area contributed by atoms with E-state index in [0.29, 0.717) is 35.8 Å². The van der Waals surface area contributed by atoms with Crippen LogP contribution in [0.15, 0.2) is 4.90 Å². The van der Waals surface area contributed by atoms with Gasteiger partial charge < -0.3 is 5.73 Å². The van der Waals surface area contributed by atoms with E-state index in [9.17, 15) is 8.42 Å². The highest BCUT2D eigenvalue weighted by Gasteiger charge is 2.36. The molecule has 1 fully saturated rings. The third-order valence-corrected chi connectivity index (χ3v) is 6.53. The number of hydrogen-bond acceptors (Lipinski definition) is 4. The quantitative estimate of drug-likeness (QED) is 0.858. The van der Waals surface area contributed by atoms with Crippen molar-refractivity contribution in [3.05, 3.63) is 11.4 Å². The van der Waals surface area contributed by atoms with Crippen LogP contribution in [0.1, 0.15) is 43.5 Å². The predicted molar refractivity (Wildman–Crippen MR) is 82.5 cm³/mol. The lowest BCUT2D eigenvalue weighted by molar-refractivity contribution is 0.319. The molecular formula is C14H26N4O2S. The highest BCUT2D eigenvalue weighted by Crippen LogP contribution is 2.31. The first-order valence-corrected chi connectivity index (χ1v) is 9.05. The SMILES string of the molecule is Cc1nn(C)c(C)c1S(=O)(=O)N(CCCN)C1CCCC1. The number of hydrogen-bond donors (Lipinski definition) is 1. The van der Waals surface area contributed by atoms with Crippen LogP contribution in [0.25, 0.3) is 0 Å². The minimum atomic E-state index is -3.50. The van der Waals surface area contributed by atoms with Crippen LogP contribution in [-0.2, 0) is 17.1 Å². The molecule has 7 heteroatoms. The van der Waals surface area contributed by atoms with Crippen molar-refractivity contribution in [3.8, 4) is 0 Å². The third kappa shape index (κ3) is 3.14. The molecule has 0 saturated heterocycles. The van der Waals surface area contributed by atoms with E-state index in [4.69, 9.17) is 5.73 Å². The van der Waals surface area contributed by atoms with Gasteiger partial charge in [-0.05, 0) is 39.7 Å². The maximum absolute atomic E-state index is 13.1. The van der Waals surface area contributed by atoms with E-state index in [1.807, 2.05) is 6.92 Å². The number of nitrogens with zero attached hydrogens (tertiary/aromatic N) is 3. The molecule has 0 bridgehead atoms. The molecular weight excluding hydrogens is 288 g/mol. The van der Waals surface area contributed by atoms with Crippen LogP contribution in [0.3, 0.4) is 0 Å². The van der Waals surface area contributed by atoms with Crippen LogP contribution in [0.2, 0.25) is 0 Å². The molecule has 0 amide bonds. The summed E-state index contributed by atoms with van der Waals surface area (Å²) in [5.41, 5.74) is 6.86. The number of nitrogens with two attached hydrogens (primary N) is 1. The summed E-state index contributed by atoms with van der Waals surface area (Å²) in [4.78, 5) is 0.369. The molecule has 2 N–H and O–H groups in total. The molecule has 0 spiro atoms. The Balaban J connectivity index is 2.40. The van der Waals surface area contributed by atoms with Crippen molar-refractivity contribution in [1.29, 1.82) is 0 Å². The van der Waals surface area contributed by atoms with Crippen molar-refractivity contribution >= 4 is 10.0 Å². The van der Waals surface area contributed by atoms with Gasteiger partial charge in [0.05, 0.1) is 11.4 Å². The minimum absolute atomic E-state index is 0.112. The average Bonchev–Trinajstić information content (AvgIpc) is 2.99. The second kappa shape index (κ2) is 6.46. The van der Waals surface area contributed by atoms with E-state index < -0.39 is 10.0 Å². The second-order valence-electron chi connectivity index (χ2n) is 5.82. The average molecular weight is 314 g/mol. The van der Waals surface area contributed by atoms with Crippen molar-refractivity contribution < 1.29 is 8.42 Å². The lowest BCUT2D eigenvalue weighted by Gasteiger charge is -2.28. The first kappa shape index (κ1) is 16.5. The summed E-state index contributed by atoms with van der Waals surface area (Å²) in [7, 11) is -1.72. The lowest BCUT2D eigenvalue weighted by Crippen LogP contribution is -2.40. The Hall–Kier alpha value is -0.920. The molecule has 2 rings (SSSR count). The second-order valence-corrected chi connectivity index (χ2v) is 7.65. The zero-order valence-electron chi connectivity index (χ0n) is 13.2. The van der Waals surface area contributed by atoms with E-state index >= 15 is 0 Å². The molecule has 21 heavy (non-hydrogen) atoms. The van der Waals surface area contributed by atoms with E-state index in [1.165, 1.54) is 0 Å².